The molecule has 2 heterocycles. The predicted octanol–water partition coefficient (Wildman–Crippen LogP) is 2.44. The minimum atomic E-state index is -0.471. The third-order valence-corrected chi connectivity index (χ3v) is 4.19. The molecule has 0 saturated carbocycles. The van der Waals surface area contributed by atoms with Crippen LogP contribution in [0.4, 0.5) is 4.39 Å². The Labute approximate surface area is 148 Å². The maximum Gasteiger partial charge on any atom is 0.289 e. The molecule has 1 aliphatic heterocycles. The van der Waals surface area contributed by atoms with Crippen LogP contribution in [0, 0.1) is 5.82 Å². The molecule has 0 bridgehead atoms. The molecule has 8 heteroatoms. The number of amides is 2. The van der Waals surface area contributed by atoms with Gasteiger partial charge in [-0.1, -0.05) is 11.6 Å². The molecule has 25 heavy (non-hydrogen) atoms. The second kappa shape index (κ2) is 7.57. The molecule has 0 unspecified atom stereocenters. The molecule has 1 fully saturated rings. The van der Waals surface area contributed by atoms with Gasteiger partial charge in [0.15, 0.2) is 12.4 Å². The molecule has 3 rings (SSSR count). The summed E-state index contributed by atoms with van der Waals surface area (Å²) in [7, 11) is 0. The summed E-state index contributed by atoms with van der Waals surface area (Å²) in [6.07, 6.45) is 1.45. The molecule has 6 nitrogen and oxygen atoms in total. The van der Waals surface area contributed by atoms with Crippen molar-refractivity contribution in [2.24, 2.45) is 0 Å². The van der Waals surface area contributed by atoms with Crippen LogP contribution < -0.4 is 4.74 Å². The van der Waals surface area contributed by atoms with E-state index in [1.807, 2.05) is 0 Å². The molecule has 0 radical (unpaired) electrons. The van der Waals surface area contributed by atoms with Crippen molar-refractivity contribution in [2.45, 2.75) is 0 Å². The van der Waals surface area contributed by atoms with Crippen molar-refractivity contribution in [3.05, 3.63) is 53.2 Å². The average molecular weight is 367 g/mol. The van der Waals surface area contributed by atoms with Crippen LogP contribution in [0.3, 0.4) is 0 Å². The number of carbonyl (C=O) groups is 2. The molecule has 0 N–H and O–H groups in total. The normalized spacial score (nSPS) is 14.5. The number of halogens is 2. The molecule has 0 atom stereocenters. The highest BCUT2D eigenvalue weighted by atomic mass is 35.5. The van der Waals surface area contributed by atoms with E-state index in [1.54, 1.807) is 21.9 Å². The van der Waals surface area contributed by atoms with Crippen LogP contribution >= 0.6 is 11.6 Å². The highest BCUT2D eigenvalue weighted by molar-refractivity contribution is 6.32. The molecule has 0 spiro atoms. The molecule has 1 saturated heterocycles. The molecule has 1 aliphatic rings. The van der Waals surface area contributed by atoms with Crippen molar-refractivity contribution < 1.29 is 23.1 Å². The third-order valence-electron chi connectivity index (χ3n) is 3.90. The molecular formula is C17H16ClFN2O4. The van der Waals surface area contributed by atoms with Gasteiger partial charge in [0.05, 0.1) is 11.3 Å². The number of hydrogen-bond donors (Lipinski definition) is 0. The van der Waals surface area contributed by atoms with E-state index in [4.69, 9.17) is 20.8 Å². The fourth-order valence-electron chi connectivity index (χ4n) is 2.54. The maximum atomic E-state index is 13.0. The first-order valence-corrected chi connectivity index (χ1v) is 8.11. The number of ether oxygens (including phenoxy) is 1. The summed E-state index contributed by atoms with van der Waals surface area (Å²) in [5.74, 6) is -0.338. The van der Waals surface area contributed by atoms with Crippen LogP contribution in [-0.4, -0.2) is 54.4 Å². The molecule has 1 aromatic heterocycles. The SMILES string of the molecule is O=C(COc1ccc(F)cc1Cl)N1CCN(C(=O)c2ccco2)CC1. The van der Waals surface area contributed by atoms with Gasteiger partial charge in [-0.2, -0.15) is 0 Å². The van der Waals surface area contributed by atoms with E-state index in [0.717, 1.165) is 6.07 Å². The minimum absolute atomic E-state index is 0.113. The standard InChI is InChI=1S/C17H16ClFN2O4/c18-13-10-12(19)3-4-14(13)25-11-16(22)20-5-7-21(8-6-20)17(23)15-2-1-9-24-15/h1-4,9-10H,5-8,11H2. The lowest BCUT2D eigenvalue weighted by molar-refractivity contribution is -0.134. The van der Waals surface area contributed by atoms with Crippen molar-refractivity contribution >= 4 is 23.4 Å². The van der Waals surface area contributed by atoms with E-state index in [2.05, 4.69) is 0 Å². The van der Waals surface area contributed by atoms with E-state index >= 15 is 0 Å². The quantitative estimate of drug-likeness (QED) is 0.833. The highest BCUT2D eigenvalue weighted by Gasteiger charge is 2.26. The number of carbonyl (C=O) groups excluding carboxylic acids is 2. The summed E-state index contributed by atoms with van der Waals surface area (Å²) in [4.78, 5) is 27.6. The Morgan fingerprint density at radius 2 is 1.88 bits per heavy atom. The summed E-state index contributed by atoms with van der Waals surface area (Å²) in [5.41, 5.74) is 0. The zero-order valence-electron chi connectivity index (χ0n) is 13.3. The first-order chi connectivity index (χ1) is 12.0. The minimum Gasteiger partial charge on any atom is -0.482 e. The van der Waals surface area contributed by atoms with Crippen LogP contribution in [-0.2, 0) is 4.79 Å². The Balaban J connectivity index is 1.49. The van der Waals surface area contributed by atoms with Crippen LogP contribution in [0.15, 0.2) is 41.0 Å². The topological polar surface area (TPSA) is 63.0 Å². The number of furan rings is 1. The third kappa shape index (κ3) is 4.11. The zero-order chi connectivity index (χ0) is 17.8. The Bertz CT molecular complexity index is 758. The highest BCUT2D eigenvalue weighted by Crippen LogP contribution is 2.24. The van der Waals surface area contributed by atoms with E-state index in [1.165, 1.54) is 18.4 Å². The van der Waals surface area contributed by atoms with Gasteiger partial charge in [0.1, 0.15) is 11.6 Å². The van der Waals surface area contributed by atoms with Crippen molar-refractivity contribution in [3.63, 3.8) is 0 Å². The zero-order valence-corrected chi connectivity index (χ0v) is 14.0. The van der Waals surface area contributed by atoms with Gasteiger partial charge in [0.2, 0.25) is 0 Å². The summed E-state index contributed by atoms with van der Waals surface area (Å²) in [5, 5.41) is 0.113. The number of benzene rings is 1. The fourth-order valence-corrected chi connectivity index (χ4v) is 2.76. The molecule has 2 amide bonds. The fraction of sp³-hybridized carbons (Fsp3) is 0.294. The number of rotatable bonds is 4. The molecule has 132 valence electrons. The van der Waals surface area contributed by atoms with Crippen molar-refractivity contribution in [1.29, 1.82) is 0 Å². The lowest BCUT2D eigenvalue weighted by Crippen LogP contribution is -2.51. The summed E-state index contributed by atoms with van der Waals surface area (Å²) in [6.45, 7) is 1.46. The predicted molar refractivity (Wildman–Crippen MR) is 88.1 cm³/mol. The number of nitrogens with zero attached hydrogens (tertiary/aromatic N) is 2. The molecule has 2 aromatic rings. The van der Waals surface area contributed by atoms with Crippen LogP contribution in [0.2, 0.25) is 5.02 Å². The van der Waals surface area contributed by atoms with Gasteiger partial charge in [-0.15, -0.1) is 0 Å². The van der Waals surface area contributed by atoms with Crippen molar-refractivity contribution in [1.82, 2.24) is 9.80 Å². The van der Waals surface area contributed by atoms with Crippen molar-refractivity contribution in [3.8, 4) is 5.75 Å². The molecule has 1 aromatic carbocycles. The largest absolute Gasteiger partial charge is 0.482 e. The maximum absolute atomic E-state index is 13.0. The first-order valence-electron chi connectivity index (χ1n) is 7.73. The van der Waals surface area contributed by atoms with E-state index in [0.29, 0.717) is 26.2 Å². The summed E-state index contributed by atoms with van der Waals surface area (Å²) >= 11 is 5.86. The van der Waals surface area contributed by atoms with E-state index in [9.17, 15) is 14.0 Å². The molecule has 0 aliphatic carbocycles. The number of piperazine rings is 1. The lowest BCUT2D eigenvalue weighted by Gasteiger charge is -2.34. The summed E-state index contributed by atoms with van der Waals surface area (Å²) in [6, 6.07) is 6.99. The Morgan fingerprint density at radius 1 is 1.16 bits per heavy atom. The van der Waals surface area contributed by atoms with Crippen molar-refractivity contribution in [2.75, 3.05) is 32.8 Å². The van der Waals surface area contributed by atoms with Crippen LogP contribution in [0.25, 0.3) is 0 Å². The monoisotopic (exact) mass is 366 g/mol. The van der Waals surface area contributed by atoms with Crippen LogP contribution in [0.5, 0.6) is 5.75 Å². The average Bonchev–Trinajstić information content (AvgIpc) is 3.15. The summed E-state index contributed by atoms with van der Waals surface area (Å²) < 4.78 is 23.4. The Hall–Kier alpha value is -2.54. The second-order valence-electron chi connectivity index (χ2n) is 5.51. The van der Waals surface area contributed by atoms with E-state index in [-0.39, 0.29) is 35.0 Å². The Kier molecular flexibility index (Phi) is 5.23. The van der Waals surface area contributed by atoms with Gasteiger partial charge in [-0.25, -0.2) is 4.39 Å². The van der Waals surface area contributed by atoms with Gasteiger partial charge in [0, 0.05) is 26.2 Å². The Morgan fingerprint density at radius 3 is 2.52 bits per heavy atom. The van der Waals surface area contributed by atoms with Gasteiger partial charge in [-0.3, -0.25) is 9.59 Å². The van der Waals surface area contributed by atoms with Crippen LogP contribution in [0.1, 0.15) is 10.6 Å². The van der Waals surface area contributed by atoms with Gasteiger partial charge in [-0.05, 0) is 30.3 Å². The number of hydrogen-bond acceptors (Lipinski definition) is 4. The van der Waals surface area contributed by atoms with E-state index < -0.39 is 5.82 Å². The van der Waals surface area contributed by atoms with Gasteiger partial charge in [0.25, 0.3) is 11.8 Å². The molecular weight excluding hydrogens is 351 g/mol. The second-order valence-corrected chi connectivity index (χ2v) is 5.92. The van der Waals surface area contributed by atoms with Gasteiger partial charge < -0.3 is 19.0 Å². The smallest absolute Gasteiger partial charge is 0.289 e. The lowest BCUT2D eigenvalue weighted by atomic mass is 10.3. The first kappa shape index (κ1) is 17.3. The van der Waals surface area contributed by atoms with Gasteiger partial charge >= 0.3 is 0 Å².